The van der Waals surface area contributed by atoms with Gasteiger partial charge in [0.05, 0.1) is 21.8 Å². The molecule has 0 bridgehead atoms. The van der Waals surface area contributed by atoms with Crippen molar-refractivity contribution in [3.05, 3.63) is 93.5 Å². The number of esters is 1. The molecule has 0 N–H and O–H groups in total. The van der Waals surface area contributed by atoms with Crippen LogP contribution in [0, 0.1) is 24.7 Å². The minimum atomic E-state index is -1.01. The highest BCUT2D eigenvalue weighted by atomic mass is 35.5. The lowest BCUT2D eigenvalue weighted by Crippen LogP contribution is -2.29. The molecule has 1 fully saturated rings. The number of nitrogens with zero attached hydrogens (tertiary/aromatic N) is 1. The van der Waals surface area contributed by atoms with Crippen LogP contribution in [0.15, 0.2) is 60.7 Å². The molecule has 0 amide bonds. The molecule has 0 aromatic heterocycles. The van der Waals surface area contributed by atoms with E-state index in [-0.39, 0.29) is 16.1 Å². The maximum atomic E-state index is 15.3. The number of carbonyl (C=O) groups excluding carboxylic acids is 1. The predicted molar refractivity (Wildman–Crippen MR) is 149 cm³/mol. The van der Waals surface area contributed by atoms with Crippen LogP contribution in [-0.4, -0.2) is 5.97 Å². The summed E-state index contributed by atoms with van der Waals surface area (Å²) in [5.74, 6) is 2.51. The third-order valence-corrected chi connectivity index (χ3v) is 8.04. The molecule has 37 heavy (non-hydrogen) atoms. The van der Waals surface area contributed by atoms with Gasteiger partial charge in [0.25, 0.3) is 0 Å². The molecule has 0 radical (unpaired) electrons. The first-order valence-electron chi connectivity index (χ1n) is 12.3. The van der Waals surface area contributed by atoms with Crippen molar-refractivity contribution in [2.75, 3.05) is 5.12 Å². The molecule has 0 aliphatic heterocycles. The van der Waals surface area contributed by atoms with Crippen molar-refractivity contribution in [1.82, 2.24) is 0 Å². The number of halogens is 3. The third-order valence-electron chi connectivity index (χ3n) is 7.43. The number of ether oxygens (including phenoxy) is 1. The van der Waals surface area contributed by atoms with Crippen LogP contribution in [-0.2, 0) is 27.2 Å². The highest BCUT2D eigenvalue weighted by Crippen LogP contribution is 2.65. The van der Waals surface area contributed by atoms with Gasteiger partial charge in [0.15, 0.2) is 6.10 Å². The Labute approximate surface area is 228 Å². The summed E-state index contributed by atoms with van der Waals surface area (Å²) in [4.78, 5) is 13.7. The number of rotatable bonds is 8. The van der Waals surface area contributed by atoms with Gasteiger partial charge in [0.2, 0.25) is 0 Å². The molecular formula is C31H30Cl2FNO2. The standard InChI is InChI=1S/C31H30Cl2FNO2/c1-6-21-10-12-24(16-23(21)18-32)31(19-30(31,4)5)29(36)37-28(7-2)22-11-15-26(33)27(17-22)35(34)25-13-8-20(3)9-14-25/h2,8-17,28H,6,18-19H2,1,3-5H3. The number of carbonyl (C=O) groups is 1. The Hall–Kier alpha value is -3.00. The van der Waals surface area contributed by atoms with Gasteiger partial charge in [0, 0.05) is 11.4 Å². The zero-order chi connectivity index (χ0) is 27.0. The highest BCUT2D eigenvalue weighted by molar-refractivity contribution is 6.33. The van der Waals surface area contributed by atoms with Crippen LogP contribution in [0.5, 0.6) is 0 Å². The Morgan fingerprint density at radius 3 is 2.38 bits per heavy atom. The molecule has 0 saturated heterocycles. The fraction of sp³-hybridized carbons (Fsp3) is 0.323. The van der Waals surface area contributed by atoms with E-state index in [1.165, 1.54) is 6.07 Å². The van der Waals surface area contributed by atoms with E-state index in [0.717, 1.165) is 28.7 Å². The van der Waals surface area contributed by atoms with Gasteiger partial charge in [-0.05, 0) is 66.1 Å². The molecule has 4 rings (SSSR count). The Morgan fingerprint density at radius 1 is 1.14 bits per heavy atom. The monoisotopic (exact) mass is 537 g/mol. The number of hydrogen-bond donors (Lipinski definition) is 0. The van der Waals surface area contributed by atoms with Crippen molar-refractivity contribution in [2.45, 2.75) is 57.9 Å². The van der Waals surface area contributed by atoms with Gasteiger partial charge in [-0.2, -0.15) is 5.12 Å². The summed E-state index contributed by atoms with van der Waals surface area (Å²) >= 11 is 12.5. The number of hydrogen-bond acceptors (Lipinski definition) is 3. The van der Waals surface area contributed by atoms with Crippen molar-refractivity contribution < 1.29 is 14.0 Å². The smallest absolute Gasteiger partial charge is 0.318 e. The molecule has 2 atom stereocenters. The minimum absolute atomic E-state index is 0.114. The van der Waals surface area contributed by atoms with E-state index in [2.05, 4.69) is 12.8 Å². The van der Waals surface area contributed by atoms with Crippen molar-refractivity contribution in [2.24, 2.45) is 5.41 Å². The molecule has 0 spiro atoms. The lowest BCUT2D eigenvalue weighted by atomic mass is 9.86. The molecule has 0 heterocycles. The summed E-state index contributed by atoms with van der Waals surface area (Å²) in [6, 6.07) is 17.7. The fourth-order valence-corrected chi connectivity index (χ4v) is 5.44. The van der Waals surface area contributed by atoms with Crippen LogP contribution in [0.1, 0.15) is 61.1 Å². The molecular weight excluding hydrogens is 508 g/mol. The van der Waals surface area contributed by atoms with E-state index in [9.17, 15) is 4.79 Å². The quantitative estimate of drug-likeness (QED) is 0.125. The van der Waals surface area contributed by atoms with Gasteiger partial charge < -0.3 is 4.74 Å². The average molecular weight is 538 g/mol. The van der Waals surface area contributed by atoms with E-state index in [0.29, 0.717) is 28.7 Å². The molecule has 6 heteroatoms. The summed E-state index contributed by atoms with van der Waals surface area (Å²) in [5.41, 5.74) is 3.79. The van der Waals surface area contributed by atoms with E-state index in [1.54, 1.807) is 24.3 Å². The Morgan fingerprint density at radius 2 is 1.81 bits per heavy atom. The Kier molecular flexibility index (Phi) is 7.60. The largest absolute Gasteiger partial charge is 0.443 e. The second-order valence-electron chi connectivity index (χ2n) is 10.2. The Balaban J connectivity index is 1.64. The lowest BCUT2D eigenvalue weighted by Gasteiger charge is -2.24. The van der Waals surface area contributed by atoms with Crippen LogP contribution in [0.4, 0.5) is 15.9 Å². The highest BCUT2D eigenvalue weighted by Gasteiger charge is 2.68. The zero-order valence-electron chi connectivity index (χ0n) is 21.4. The predicted octanol–water partition coefficient (Wildman–Crippen LogP) is 8.56. The van der Waals surface area contributed by atoms with Crippen molar-refractivity contribution >= 4 is 40.5 Å². The minimum Gasteiger partial charge on any atom is -0.443 e. The summed E-state index contributed by atoms with van der Waals surface area (Å²) < 4.78 is 21.2. The molecule has 3 aromatic carbocycles. The summed E-state index contributed by atoms with van der Waals surface area (Å²) in [6.45, 7) is 8.08. The summed E-state index contributed by atoms with van der Waals surface area (Å²) in [7, 11) is 0. The van der Waals surface area contributed by atoms with Gasteiger partial charge in [0.1, 0.15) is 0 Å². The van der Waals surface area contributed by atoms with E-state index in [4.69, 9.17) is 34.4 Å². The first-order valence-corrected chi connectivity index (χ1v) is 13.2. The van der Waals surface area contributed by atoms with Gasteiger partial charge in [-0.1, -0.05) is 84.7 Å². The summed E-state index contributed by atoms with van der Waals surface area (Å²) in [6.07, 6.45) is 6.29. The number of aryl methyl sites for hydroxylation is 2. The molecule has 1 aliphatic rings. The molecule has 192 valence electrons. The van der Waals surface area contributed by atoms with Gasteiger partial charge in [-0.25, -0.2) is 0 Å². The van der Waals surface area contributed by atoms with Crippen molar-refractivity contribution in [3.63, 3.8) is 0 Å². The maximum absolute atomic E-state index is 15.3. The number of alkyl halides is 1. The van der Waals surface area contributed by atoms with Crippen molar-refractivity contribution in [1.29, 1.82) is 0 Å². The lowest BCUT2D eigenvalue weighted by molar-refractivity contribution is -0.151. The third kappa shape index (κ3) is 4.96. The molecule has 2 unspecified atom stereocenters. The molecule has 1 saturated carbocycles. The zero-order valence-corrected chi connectivity index (χ0v) is 23.0. The van der Waals surface area contributed by atoms with Crippen LogP contribution in [0.25, 0.3) is 0 Å². The van der Waals surface area contributed by atoms with E-state index >= 15 is 4.48 Å². The average Bonchev–Trinajstić information content (AvgIpc) is 3.50. The normalized spacial score (nSPS) is 18.5. The number of anilines is 2. The second kappa shape index (κ2) is 10.4. The van der Waals surface area contributed by atoms with E-state index in [1.807, 2.05) is 51.1 Å². The summed E-state index contributed by atoms with van der Waals surface area (Å²) in [5, 5.41) is 0.702. The van der Waals surface area contributed by atoms with Gasteiger partial charge in [-0.3, -0.25) is 4.79 Å². The Bertz CT molecular complexity index is 1360. The van der Waals surface area contributed by atoms with Crippen LogP contribution >= 0.6 is 23.2 Å². The van der Waals surface area contributed by atoms with Gasteiger partial charge in [-0.15, -0.1) is 18.0 Å². The molecule has 3 nitrogen and oxygen atoms in total. The molecule has 1 aliphatic carbocycles. The van der Waals surface area contributed by atoms with Crippen LogP contribution in [0.3, 0.4) is 0 Å². The number of benzene rings is 3. The SMILES string of the molecule is C#CC(OC(=O)C1(c2ccc(CC)c(CCl)c2)CC1(C)C)c1ccc(Cl)c(N(F)c2ccc(C)cc2)c1. The second-order valence-corrected chi connectivity index (χ2v) is 10.9. The van der Waals surface area contributed by atoms with Crippen LogP contribution < -0.4 is 5.12 Å². The van der Waals surface area contributed by atoms with E-state index < -0.39 is 17.5 Å². The topological polar surface area (TPSA) is 29.5 Å². The van der Waals surface area contributed by atoms with Crippen molar-refractivity contribution in [3.8, 4) is 12.3 Å². The number of terminal acetylenes is 1. The fourth-order valence-electron chi connectivity index (χ4n) is 5.00. The molecule has 3 aromatic rings. The maximum Gasteiger partial charge on any atom is 0.318 e. The first kappa shape index (κ1) is 27.0. The first-order chi connectivity index (χ1) is 17.6. The van der Waals surface area contributed by atoms with Crippen LogP contribution in [0.2, 0.25) is 5.02 Å². The van der Waals surface area contributed by atoms with Gasteiger partial charge >= 0.3 is 5.97 Å².